The summed E-state index contributed by atoms with van der Waals surface area (Å²) >= 11 is 0. The van der Waals surface area contributed by atoms with Crippen molar-refractivity contribution in [1.29, 1.82) is 0 Å². The second-order valence-electron chi connectivity index (χ2n) is 6.52. The third-order valence-corrected chi connectivity index (χ3v) is 4.57. The van der Waals surface area contributed by atoms with Crippen LogP contribution in [0.1, 0.15) is 38.3 Å². The number of hydrogen-bond acceptors (Lipinski definition) is 3. The van der Waals surface area contributed by atoms with Gasteiger partial charge in [0.25, 0.3) is 0 Å². The van der Waals surface area contributed by atoms with E-state index in [2.05, 4.69) is 4.72 Å². The maximum absolute atomic E-state index is 12.1. The predicted octanol–water partition coefficient (Wildman–Crippen LogP) is 2.38. The highest BCUT2D eigenvalue weighted by atomic mass is 32.2. The molecule has 20 heavy (non-hydrogen) atoms. The van der Waals surface area contributed by atoms with Crippen molar-refractivity contribution in [2.75, 3.05) is 6.54 Å². The molecule has 0 heterocycles. The number of aliphatic hydroxyl groups excluding tert-OH is 1. The van der Waals surface area contributed by atoms with Crippen molar-refractivity contribution in [2.45, 2.75) is 52.0 Å². The lowest BCUT2D eigenvalue weighted by molar-refractivity contribution is 0.125. The van der Waals surface area contributed by atoms with Crippen LogP contribution in [0, 0.1) is 19.3 Å². The van der Waals surface area contributed by atoms with Crippen molar-refractivity contribution in [3.8, 4) is 0 Å². The normalized spacial score (nSPS) is 14.3. The zero-order chi connectivity index (χ0) is 15.6. The first-order valence-electron chi connectivity index (χ1n) is 6.76. The molecule has 2 N–H and O–H groups in total. The maximum atomic E-state index is 12.1. The average Bonchev–Trinajstić information content (AvgIpc) is 2.28. The minimum atomic E-state index is -3.56. The van der Waals surface area contributed by atoms with Gasteiger partial charge in [0.05, 0.1) is 11.0 Å². The fraction of sp³-hybridized carbons (Fsp3) is 0.600. The van der Waals surface area contributed by atoms with Crippen molar-refractivity contribution in [3.05, 3.63) is 29.3 Å². The SMILES string of the molecule is Cc1ccc(S(=O)(=O)NCC(O)CC(C)(C)C)cc1C. The average molecular weight is 299 g/mol. The van der Waals surface area contributed by atoms with Gasteiger partial charge in [0.2, 0.25) is 10.0 Å². The Kier molecular flexibility index (Phi) is 5.35. The molecular weight excluding hydrogens is 274 g/mol. The predicted molar refractivity (Wildman–Crippen MR) is 81.2 cm³/mol. The molecule has 0 aliphatic heterocycles. The van der Waals surface area contributed by atoms with E-state index in [0.29, 0.717) is 6.42 Å². The Hall–Kier alpha value is -0.910. The van der Waals surface area contributed by atoms with E-state index >= 15 is 0 Å². The third-order valence-electron chi connectivity index (χ3n) is 3.15. The molecule has 4 nitrogen and oxygen atoms in total. The summed E-state index contributed by atoms with van der Waals surface area (Å²) in [4.78, 5) is 0.239. The largest absolute Gasteiger partial charge is 0.392 e. The van der Waals surface area contributed by atoms with Crippen LogP contribution in [0.15, 0.2) is 23.1 Å². The fourth-order valence-corrected chi connectivity index (χ4v) is 3.11. The van der Waals surface area contributed by atoms with Gasteiger partial charge in [-0.05, 0) is 48.9 Å². The zero-order valence-electron chi connectivity index (χ0n) is 12.9. The van der Waals surface area contributed by atoms with Crippen LogP contribution < -0.4 is 4.72 Å². The second kappa shape index (κ2) is 6.24. The first-order chi connectivity index (χ1) is 9.01. The molecule has 1 aromatic rings. The van der Waals surface area contributed by atoms with Crippen molar-refractivity contribution in [1.82, 2.24) is 4.72 Å². The summed E-state index contributed by atoms with van der Waals surface area (Å²) in [6.45, 7) is 9.87. The third kappa shape index (κ3) is 5.23. The van der Waals surface area contributed by atoms with E-state index in [0.717, 1.165) is 11.1 Å². The van der Waals surface area contributed by atoms with Crippen molar-refractivity contribution in [3.63, 3.8) is 0 Å². The lowest BCUT2D eigenvalue weighted by Crippen LogP contribution is -2.34. The topological polar surface area (TPSA) is 66.4 Å². The summed E-state index contributed by atoms with van der Waals surface area (Å²) in [6, 6.07) is 5.02. The molecule has 0 bridgehead atoms. The maximum Gasteiger partial charge on any atom is 0.240 e. The minimum Gasteiger partial charge on any atom is -0.392 e. The van der Waals surface area contributed by atoms with Crippen molar-refractivity contribution >= 4 is 10.0 Å². The van der Waals surface area contributed by atoms with Crippen LogP contribution in [0.3, 0.4) is 0 Å². The Morgan fingerprint density at radius 3 is 2.30 bits per heavy atom. The van der Waals surface area contributed by atoms with Gasteiger partial charge >= 0.3 is 0 Å². The number of hydrogen-bond donors (Lipinski definition) is 2. The summed E-state index contributed by atoms with van der Waals surface area (Å²) in [6.07, 6.45) is -0.140. The van der Waals surface area contributed by atoms with E-state index in [1.54, 1.807) is 18.2 Å². The number of aryl methyl sites for hydroxylation is 2. The number of nitrogens with one attached hydrogen (secondary N) is 1. The molecule has 0 spiro atoms. The molecule has 0 fully saturated rings. The van der Waals surface area contributed by atoms with Gasteiger partial charge in [0, 0.05) is 6.54 Å². The van der Waals surface area contributed by atoms with E-state index in [-0.39, 0.29) is 16.9 Å². The summed E-state index contributed by atoms with van der Waals surface area (Å²) in [5, 5.41) is 9.87. The van der Waals surface area contributed by atoms with E-state index in [4.69, 9.17) is 0 Å². The van der Waals surface area contributed by atoms with Gasteiger partial charge in [-0.15, -0.1) is 0 Å². The lowest BCUT2D eigenvalue weighted by Gasteiger charge is -2.22. The fourth-order valence-electron chi connectivity index (χ4n) is 1.95. The molecular formula is C15H25NO3S. The van der Waals surface area contributed by atoms with Gasteiger partial charge in [0.1, 0.15) is 0 Å². The molecule has 114 valence electrons. The molecule has 0 aromatic heterocycles. The quantitative estimate of drug-likeness (QED) is 0.877. The molecule has 1 aromatic carbocycles. The lowest BCUT2D eigenvalue weighted by atomic mass is 9.89. The highest BCUT2D eigenvalue weighted by Crippen LogP contribution is 2.21. The Labute approximate surface area is 122 Å². The highest BCUT2D eigenvalue weighted by molar-refractivity contribution is 7.89. The van der Waals surface area contributed by atoms with Crippen LogP contribution in [0.2, 0.25) is 0 Å². The number of sulfonamides is 1. The van der Waals surface area contributed by atoms with Gasteiger partial charge in [-0.1, -0.05) is 26.8 Å². The van der Waals surface area contributed by atoms with E-state index in [1.165, 1.54) is 0 Å². The van der Waals surface area contributed by atoms with Crippen LogP contribution in [0.4, 0.5) is 0 Å². The number of benzene rings is 1. The summed E-state index contributed by atoms with van der Waals surface area (Å²) < 4.78 is 26.8. The monoisotopic (exact) mass is 299 g/mol. The molecule has 0 aliphatic carbocycles. The van der Waals surface area contributed by atoms with Crippen molar-refractivity contribution in [2.24, 2.45) is 5.41 Å². The second-order valence-corrected chi connectivity index (χ2v) is 8.28. The van der Waals surface area contributed by atoms with Crippen LogP contribution in [0.25, 0.3) is 0 Å². The summed E-state index contributed by atoms with van der Waals surface area (Å²) in [5.41, 5.74) is 1.95. The Morgan fingerprint density at radius 2 is 1.80 bits per heavy atom. The van der Waals surface area contributed by atoms with Gasteiger partial charge in [0.15, 0.2) is 0 Å². The standard InChI is InChI=1S/C15H25NO3S/c1-11-6-7-14(8-12(11)2)20(18,19)16-10-13(17)9-15(3,4)5/h6-8,13,16-17H,9-10H2,1-5H3. The summed E-state index contributed by atoms with van der Waals surface area (Å²) in [5.74, 6) is 0. The van der Waals surface area contributed by atoms with Crippen LogP contribution in [-0.2, 0) is 10.0 Å². The van der Waals surface area contributed by atoms with Crippen LogP contribution in [0.5, 0.6) is 0 Å². The Morgan fingerprint density at radius 1 is 1.20 bits per heavy atom. The van der Waals surface area contributed by atoms with E-state index < -0.39 is 16.1 Å². The highest BCUT2D eigenvalue weighted by Gasteiger charge is 2.20. The van der Waals surface area contributed by atoms with E-state index in [1.807, 2.05) is 34.6 Å². The van der Waals surface area contributed by atoms with Gasteiger partial charge in [-0.3, -0.25) is 0 Å². The van der Waals surface area contributed by atoms with Crippen LogP contribution in [-0.4, -0.2) is 26.2 Å². The Balaban J connectivity index is 2.73. The van der Waals surface area contributed by atoms with Gasteiger partial charge < -0.3 is 5.11 Å². The Bertz CT molecular complexity index is 559. The molecule has 0 amide bonds. The molecule has 0 radical (unpaired) electrons. The van der Waals surface area contributed by atoms with Crippen molar-refractivity contribution < 1.29 is 13.5 Å². The molecule has 1 unspecified atom stereocenters. The summed E-state index contributed by atoms with van der Waals surface area (Å²) in [7, 11) is -3.56. The molecule has 0 aliphatic rings. The smallest absolute Gasteiger partial charge is 0.240 e. The first-order valence-corrected chi connectivity index (χ1v) is 8.24. The van der Waals surface area contributed by atoms with Crippen LogP contribution >= 0.6 is 0 Å². The minimum absolute atomic E-state index is 0.0343. The van der Waals surface area contributed by atoms with Gasteiger partial charge in [-0.2, -0.15) is 0 Å². The number of rotatable bonds is 5. The zero-order valence-corrected chi connectivity index (χ0v) is 13.7. The number of aliphatic hydroxyl groups is 1. The molecule has 5 heteroatoms. The van der Waals surface area contributed by atoms with Gasteiger partial charge in [-0.25, -0.2) is 13.1 Å². The molecule has 1 rings (SSSR count). The molecule has 1 atom stereocenters. The molecule has 0 saturated heterocycles. The first kappa shape index (κ1) is 17.1. The van der Waals surface area contributed by atoms with E-state index in [9.17, 15) is 13.5 Å². The molecule has 0 saturated carbocycles.